The number of ether oxygens (including phenoxy) is 2. The fraction of sp³-hybridized carbons (Fsp3) is 0.115. The average Bonchev–Trinajstić information content (AvgIpc) is 2.82. The molecular formula is C26H21ClN2O5. The molecule has 172 valence electrons. The smallest absolute Gasteiger partial charge is 0.335 e. The van der Waals surface area contributed by atoms with Crippen LogP contribution in [0.15, 0.2) is 78.4 Å². The van der Waals surface area contributed by atoms with Crippen molar-refractivity contribution in [2.24, 2.45) is 0 Å². The molecule has 0 unspecified atom stereocenters. The monoisotopic (exact) mass is 476 g/mol. The van der Waals surface area contributed by atoms with Crippen molar-refractivity contribution in [1.29, 1.82) is 0 Å². The second kappa shape index (κ2) is 10.2. The van der Waals surface area contributed by atoms with Crippen LogP contribution in [-0.2, 0) is 16.2 Å². The summed E-state index contributed by atoms with van der Waals surface area (Å²) in [6.07, 6.45) is 1.38. The third kappa shape index (κ3) is 5.27. The van der Waals surface area contributed by atoms with Gasteiger partial charge in [-0.1, -0.05) is 41.9 Å². The number of urea groups is 1. The lowest BCUT2D eigenvalue weighted by Gasteiger charge is -2.26. The van der Waals surface area contributed by atoms with Crippen LogP contribution in [0.25, 0.3) is 6.08 Å². The molecule has 7 nitrogen and oxygen atoms in total. The summed E-state index contributed by atoms with van der Waals surface area (Å²) in [7, 11) is 0. The number of amides is 4. The fourth-order valence-electron chi connectivity index (χ4n) is 3.41. The first kappa shape index (κ1) is 23.1. The Morgan fingerprint density at radius 2 is 1.65 bits per heavy atom. The summed E-state index contributed by atoms with van der Waals surface area (Å²) in [6, 6.07) is 20.2. The fourth-order valence-corrected chi connectivity index (χ4v) is 3.64. The van der Waals surface area contributed by atoms with Gasteiger partial charge in [0.15, 0.2) is 0 Å². The molecule has 1 fully saturated rings. The van der Waals surface area contributed by atoms with Crippen LogP contribution >= 0.6 is 11.6 Å². The summed E-state index contributed by atoms with van der Waals surface area (Å²) in [6.45, 7) is 2.65. The van der Waals surface area contributed by atoms with Crippen LogP contribution in [0.4, 0.5) is 10.5 Å². The highest BCUT2D eigenvalue weighted by molar-refractivity contribution is 6.39. The lowest BCUT2D eigenvalue weighted by atomic mass is 10.1. The topological polar surface area (TPSA) is 84.9 Å². The third-order valence-electron chi connectivity index (χ3n) is 4.96. The first-order valence-corrected chi connectivity index (χ1v) is 10.9. The molecule has 0 saturated carbocycles. The minimum atomic E-state index is -0.828. The minimum Gasteiger partial charge on any atom is -0.494 e. The van der Waals surface area contributed by atoms with Crippen molar-refractivity contribution in [3.05, 3.63) is 94.5 Å². The van der Waals surface area contributed by atoms with E-state index in [0.717, 1.165) is 10.5 Å². The van der Waals surface area contributed by atoms with Crippen molar-refractivity contribution in [1.82, 2.24) is 5.32 Å². The van der Waals surface area contributed by atoms with Crippen LogP contribution in [0.3, 0.4) is 0 Å². The zero-order valence-electron chi connectivity index (χ0n) is 18.3. The zero-order chi connectivity index (χ0) is 24.1. The molecule has 0 aliphatic carbocycles. The van der Waals surface area contributed by atoms with E-state index < -0.39 is 17.8 Å². The van der Waals surface area contributed by atoms with Crippen LogP contribution in [0.1, 0.15) is 18.1 Å². The Bertz CT molecular complexity index is 1260. The molecule has 0 aromatic heterocycles. The SMILES string of the molecule is CCOc1cc(Cl)cc(/C=C2\C(=O)NC(=O)N(c3ccc(OCc4ccccc4)cc3)C2=O)c1. The maximum atomic E-state index is 13.1. The van der Waals surface area contributed by atoms with Gasteiger partial charge in [-0.25, -0.2) is 9.69 Å². The normalized spacial score (nSPS) is 14.8. The van der Waals surface area contributed by atoms with E-state index in [1.807, 2.05) is 37.3 Å². The lowest BCUT2D eigenvalue weighted by Crippen LogP contribution is -2.54. The van der Waals surface area contributed by atoms with E-state index in [1.54, 1.807) is 42.5 Å². The van der Waals surface area contributed by atoms with Gasteiger partial charge in [0.05, 0.1) is 12.3 Å². The second-order valence-corrected chi connectivity index (χ2v) is 7.82. The number of anilines is 1. The first-order valence-electron chi connectivity index (χ1n) is 10.6. The minimum absolute atomic E-state index is 0.200. The van der Waals surface area contributed by atoms with Gasteiger partial charge in [-0.15, -0.1) is 0 Å². The number of nitrogens with one attached hydrogen (secondary N) is 1. The van der Waals surface area contributed by atoms with E-state index in [4.69, 9.17) is 21.1 Å². The first-order chi connectivity index (χ1) is 16.4. The van der Waals surface area contributed by atoms with Crippen molar-refractivity contribution in [3.63, 3.8) is 0 Å². The molecule has 8 heteroatoms. The van der Waals surface area contributed by atoms with Gasteiger partial charge in [-0.3, -0.25) is 14.9 Å². The standard InChI is InChI=1S/C26H21ClN2O5/c1-2-33-22-13-18(12-19(27)15-22)14-23-24(30)28-26(32)29(25(23)31)20-8-10-21(11-9-20)34-16-17-6-4-3-5-7-17/h3-15H,2,16H2,1H3,(H,28,30,32)/b23-14+. The molecule has 1 aliphatic heterocycles. The number of carbonyl (C=O) groups is 3. The molecule has 3 aromatic carbocycles. The predicted molar refractivity (Wildman–Crippen MR) is 129 cm³/mol. The Morgan fingerprint density at radius 3 is 2.35 bits per heavy atom. The van der Waals surface area contributed by atoms with Gasteiger partial charge >= 0.3 is 6.03 Å². The van der Waals surface area contributed by atoms with Crippen molar-refractivity contribution in [2.45, 2.75) is 13.5 Å². The molecular weight excluding hydrogens is 456 g/mol. The highest BCUT2D eigenvalue weighted by atomic mass is 35.5. The zero-order valence-corrected chi connectivity index (χ0v) is 19.0. The van der Waals surface area contributed by atoms with Gasteiger partial charge in [-0.05, 0) is 66.6 Å². The van der Waals surface area contributed by atoms with Gasteiger partial charge in [0.25, 0.3) is 11.8 Å². The van der Waals surface area contributed by atoms with E-state index >= 15 is 0 Å². The summed E-state index contributed by atoms with van der Waals surface area (Å²) in [4.78, 5) is 38.9. The van der Waals surface area contributed by atoms with Crippen molar-refractivity contribution >= 4 is 41.2 Å². The van der Waals surface area contributed by atoms with Crippen molar-refractivity contribution in [3.8, 4) is 11.5 Å². The van der Waals surface area contributed by atoms with Crippen LogP contribution in [0.2, 0.25) is 5.02 Å². The Labute approximate surface area is 201 Å². The average molecular weight is 477 g/mol. The highest BCUT2D eigenvalue weighted by Gasteiger charge is 2.36. The van der Waals surface area contributed by atoms with E-state index in [2.05, 4.69) is 5.32 Å². The van der Waals surface area contributed by atoms with E-state index in [9.17, 15) is 14.4 Å². The van der Waals surface area contributed by atoms with Gasteiger partial charge in [0, 0.05) is 5.02 Å². The summed E-state index contributed by atoms with van der Waals surface area (Å²) in [5.41, 5.74) is 1.61. The Kier molecular flexibility index (Phi) is 6.94. The number of carbonyl (C=O) groups excluding carboxylic acids is 3. The quantitative estimate of drug-likeness (QED) is 0.384. The Morgan fingerprint density at radius 1 is 0.912 bits per heavy atom. The number of halogens is 1. The van der Waals surface area contributed by atoms with Gasteiger partial charge in [0.1, 0.15) is 23.7 Å². The molecule has 1 heterocycles. The summed E-state index contributed by atoms with van der Waals surface area (Å²) in [5, 5.41) is 2.60. The molecule has 1 saturated heterocycles. The number of rotatable bonds is 7. The van der Waals surface area contributed by atoms with Crippen LogP contribution in [0, 0.1) is 0 Å². The Balaban J connectivity index is 1.55. The maximum absolute atomic E-state index is 13.1. The largest absolute Gasteiger partial charge is 0.494 e. The van der Waals surface area contributed by atoms with E-state index in [1.165, 1.54) is 6.08 Å². The predicted octanol–water partition coefficient (Wildman–Crippen LogP) is 4.98. The molecule has 3 aromatic rings. The van der Waals surface area contributed by atoms with E-state index in [-0.39, 0.29) is 5.57 Å². The number of hydrogen-bond acceptors (Lipinski definition) is 5. The molecule has 4 rings (SSSR count). The van der Waals surface area contributed by atoms with Crippen molar-refractivity contribution in [2.75, 3.05) is 11.5 Å². The van der Waals surface area contributed by atoms with Gasteiger partial charge in [0.2, 0.25) is 0 Å². The van der Waals surface area contributed by atoms with Crippen molar-refractivity contribution < 1.29 is 23.9 Å². The molecule has 0 atom stereocenters. The third-order valence-corrected chi connectivity index (χ3v) is 5.18. The highest BCUT2D eigenvalue weighted by Crippen LogP contribution is 2.27. The van der Waals surface area contributed by atoms with Gasteiger partial charge in [-0.2, -0.15) is 0 Å². The van der Waals surface area contributed by atoms with Crippen LogP contribution < -0.4 is 19.7 Å². The summed E-state index contributed by atoms with van der Waals surface area (Å²) in [5.74, 6) is -0.451. The number of imide groups is 2. The molecule has 0 spiro atoms. The van der Waals surface area contributed by atoms with Crippen LogP contribution in [0.5, 0.6) is 11.5 Å². The number of barbiturate groups is 1. The number of hydrogen-bond donors (Lipinski definition) is 1. The number of benzene rings is 3. The number of nitrogens with zero attached hydrogens (tertiary/aromatic N) is 1. The van der Waals surface area contributed by atoms with Crippen LogP contribution in [-0.4, -0.2) is 24.5 Å². The molecule has 1 aliphatic rings. The van der Waals surface area contributed by atoms with Gasteiger partial charge < -0.3 is 9.47 Å². The molecule has 34 heavy (non-hydrogen) atoms. The Hall–Kier alpha value is -4.10. The molecule has 0 radical (unpaired) electrons. The summed E-state index contributed by atoms with van der Waals surface area (Å²) >= 11 is 6.13. The molecule has 4 amide bonds. The molecule has 1 N–H and O–H groups in total. The second-order valence-electron chi connectivity index (χ2n) is 7.38. The summed E-state index contributed by atoms with van der Waals surface area (Å²) < 4.78 is 11.2. The lowest BCUT2D eigenvalue weighted by molar-refractivity contribution is -0.122. The molecule has 0 bridgehead atoms. The van der Waals surface area contributed by atoms with E-state index in [0.29, 0.717) is 41.0 Å². The maximum Gasteiger partial charge on any atom is 0.335 e.